The third-order valence-electron chi connectivity index (χ3n) is 5.22. The summed E-state index contributed by atoms with van der Waals surface area (Å²) in [6.45, 7) is 4.98. The van der Waals surface area contributed by atoms with Gasteiger partial charge in [0.15, 0.2) is 0 Å². The maximum Gasteiger partial charge on any atom is 0.315 e. The second kappa shape index (κ2) is 5.63. The van der Waals surface area contributed by atoms with Gasteiger partial charge in [0, 0.05) is 38.3 Å². The summed E-state index contributed by atoms with van der Waals surface area (Å²) in [7, 11) is 0. The predicted octanol–water partition coefficient (Wildman–Crippen LogP) is 1.97. The first-order valence-corrected chi connectivity index (χ1v) is 8.32. The highest BCUT2D eigenvalue weighted by molar-refractivity contribution is 5.78. The fraction of sp³-hybridized carbons (Fsp3) is 0.444. The number of ether oxygens (including phenoxy) is 1. The van der Waals surface area contributed by atoms with E-state index in [-0.39, 0.29) is 12.5 Å². The average molecular weight is 327 g/mol. The molecule has 0 spiro atoms. The van der Waals surface area contributed by atoms with E-state index in [2.05, 4.69) is 16.9 Å². The summed E-state index contributed by atoms with van der Waals surface area (Å²) in [6, 6.07) is 9.80. The molecule has 1 saturated heterocycles. The van der Waals surface area contributed by atoms with E-state index >= 15 is 0 Å². The van der Waals surface area contributed by atoms with Crippen LogP contribution in [0, 0.1) is 5.41 Å². The number of benzene rings is 1. The lowest BCUT2D eigenvalue weighted by atomic mass is 9.73. The summed E-state index contributed by atoms with van der Waals surface area (Å²) in [4.78, 5) is 14.3. The van der Waals surface area contributed by atoms with Gasteiger partial charge in [0.1, 0.15) is 17.8 Å². The third kappa shape index (κ3) is 2.29. The lowest BCUT2D eigenvalue weighted by molar-refractivity contribution is -0.151. The van der Waals surface area contributed by atoms with Crippen LogP contribution in [0.1, 0.15) is 24.1 Å². The lowest BCUT2D eigenvalue weighted by Gasteiger charge is -2.35. The maximum absolute atomic E-state index is 12.1. The number of nitrogens with zero attached hydrogens (tertiary/aromatic N) is 3. The van der Waals surface area contributed by atoms with Crippen molar-refractivity contribution in [3.05, 3.63) is 47.8 Å². The average Bonchev–Trinajstić information content (AvgIpc) is 3.19. The number of aliphatic carboxylic acids is 1. The van der Waals surface area contributed by atoms with Crippen molar-refractivity contribution in [2.24, 2.45) is 5.41 Å². The lowest BCUT2D eigenvalue weighted by Crippen LogP contribution is -2.45. The van der Waals surface area contributed by atoms with Gasteiger partial charge >= 0.3 is 5.97 Å². The largest absolute Gasteiger partial charge is 0.492 e. The smallest absolute Gasteiger partial charge is 0.315 e. The maximum atomic E-state index is 12.1. The van der Waals surface area contributed by atoms with Gasteiger partial charge in [-0.1, -0.05) is 18.2 Å². The Bertz CT molecular complexity index is 772. The topological polar surface area (TPSA) is 67.6 Å². The van der Waals surface area contributed by atoms with Crippen molar-refractivity contribution < 1.29 is 14.6 Å². The van der Waals surface area contributed by atoms with E-state index in [1.54, 1.807) is 0 Å². The van der Waals surface area contributed by atoms with Crippen LogP contribution in [0.15, 0.2) is 36.5 Å². The van der Waals surface area contributed by atoms with Crippen molar-refractivity contribution >= 4 is 5.97 Å². The second-order valence-electron chi connectivity index (χ2n) is 6.67. The highest BCUT2D eigenvalue weighted by Crippen LogP contribution is 2.49. The van der Waals surface area contributed by atoms with Gasteiger partial charge < -0.3 is 9.84 Å². The van der Waals surface area contributed by atoms with E-state index in [1.807, 2.05) is 41.2 Å². The minimum Gasteiger partial charge on any atom is -0.492 e. The van der Waals surface area contributed by atoms with Crippen molar-refractivity contribution in [3.8, 4) is 5.75 Å². The Morgan fingerprint density at radius 2 is 2.25 bits per heavy atom. The van der Waals surface area contributed by atoms with E-state index in [4.69, 9.17) is 4.74 Å². The molecule has 2 aliphatic rings. The van der Waals surface area contributed by atoms with Crippen LogP contribution in [0.5, 0.6) is 5.75 Å². The summed E-state index contributed by atoms with van der Waals surface area (Å²) >= 11 is 0. The zero-order valence-electron chi connectivity index (χ0n) is 13.7. The predicted molar refractivity (Wildman–Crippen MR) is 87.9 cm³/mol. The highest BCUT2D eigenvalue weighted by Gasteiger charge is 2.56. The molecule has 0 saturated carbocycles. The van der Waals surface area contributed by atoms with Crippen LogP contribution in [-0.2, 0) is 17.9 Å². The van der Waals surface area contributed by atoms with Crippen molar-refractivity contribution in [2.45, 2.75) is 25.9 Å². The van der Waals surface area contributed by atoms with Crippen LogP contribution in [0.2, 0.25) is 0 Å². The van der Waals surface area contributed by atoms with E-state index in [9.17, 15) is 9.90 Å². The fourth-order valence-electron chi connectivity index (χ4n) is 3.95. The Hall–Kier alpha value is -2.34. The molecule has 0 radical (unpaired) electrons. The Morgan fingerprint density at radius 1 is 1.42 bits per heavy atom. The molecule has 126 valence electrons. The first-order valence-electron chi connectivity index (χ1n) is 8.32. The molecule has 6 nitrogen and oxygen atoms in total. The highest BCUT2D eigenvalue weighted by atomic mass is 16.5. The molecule has 1 aromatic carbocycles. The number of hydrogen-bond acceptors (Lipinski definition) is 4. The van der Waals surface area contributed by atoms with E-state index in [0.29, 0.717) is 19.6 Å². The molecule has 3 heterocycles. The normalized spacial score (nSPS) is 25.8. The molecule has 24 heavy (non-hydrogen) atoms. The summed E-state index contributed by atoms with van der Waals surface area (Å²) in [5.74, 6) is -0.00622. The van der Waals surface area contributed by atoms with Crippen molar-refractivity contribution in [3.63, 3.8) is 0 Å². The molecule has 1 N–H and O–H groups in total. The number of carboxylic acids is 1. The van der Waals surface area contributed by atoms with Gasteiger partial charge in [0.05, 0.1) is 5.69 Å². The molecule has 0 aliphatic carbocycles. The molecule has 0 unspecified atom stereocenters. The monoisotopic (exact) mass is 327 g/mol. The van der Waals surface area contributed by atoms with Crippen molar-refractivity contribution in [2.75, 3.05) is 19.7 Å². The Kier molecular flexibility index (Phi) is 3.57. The number of rotatable bonds is 4. The molecule has 1 aromatic heterocycles. The standard InChI is InChI=1S/C18H21N3O3/c1-2-21-8-7-13(19-21)9-20-10-15-14-5-3-4-6-16(14)24-12-18(15,11-20)17(22)23/h3-8,15H,2,9-12H2,1H3,(H,22,23)/t15-,18-/m1/s1. The number of aromatic nitrogens is 2. The minimum atomic E-state index is -0.873. The summed E-state index contributed by atoms with van der Waals surface area (Å²) < 4.78 is 7.69. The van der Waals surface area contributed by atoms with E-state index < -0.39 is 11.4 Å². The second-order valence-corrected chi connectivity index (χ2v) is 6.67. The number of carboxylic acid groups (broad SMARTS) is 1. The molecule has 0 amide bonds. The molecule has 2 aliphatic heterocycles. The van der Waals surface area contributed by atoms with Crippen LogP contribution in [-0.4, -0.2) is 45.5 Å². The molecule has 2 atom stereocenters. The zero-order valence-corrected chi connectivity index (χ0v) is 13.7. The summed E-state index contributed by atoms with van der Waals surface area (Å²) in [6.07, 6.45) is 1.96. The van der Waals surface area contributed by atoms with Crippen LogP contribution in [0.3, 0.4) is 0 Å². The zero-order chi connectivity index (χ0) is 16.7. The molecule has 0 bridgehead atoms. The van der Waals surface area contributed by atoms with Gasteiger partial charge in [-0.3, -0.25) is 14.4 Å². The van der Waals surface area contributed by atoms with Crippen LogP contribution in [0.4, 0.5) is 0 Å². The van der Waals surface area contributed by atoms with Crippen molar-refractivity contribution in [1.29, 1.82) is 0 Å². The molecular formula is C18H21N3O3. The fourth-order valence-corrected chi connectivity index (χ4v) is 3.95. The van der Waals surface area contributed by atoms with Gasteiger partial charge in [-0.15, -0.1) is 0 Å². The third-order valence-corrected chi connectivity index (χ3v) is 5.22. The summed E-state index contributed by atoms with van der Waals surface area (Å²) in [5, 5.41) is 14.4. The Labute approximate surface area is 140 Å². The number of fused-ring (bicyclic) bond motifs is 3. The number of aryl methyl sites for hydroxylation is 1. The van der Waals surface area contributed by atoms with Gasteiger partial charge in [-0.05, 0) is 24.6 Å². The van der Waals surface area contributed by atoms with E-state index in [1.165, 1.54) is 0 Å². The first-order chi connectivity index (χ1) is 11.6. The number of para-hydroxylation sites is 1. The molecule has 2 aromatic rings. The van der Waals surface area contributed by atoms with E-state index in [0.717, 1.165) is 23.6 Å². The van der Waals surface area contributed by atoms with Gasteiger partial charge in [0.2, 0.25) is 0 Å². The Balaban J connectivity index is 1.63. The van der Waals surface area contributed by atoms with Crippen LogP contribution in [0.25, 0.3) is 0 Å². The first kappa shape index (κ1) is 15.2. The minimum absolute atomic E-state index is 0.0480. The summed E-state index contributed by atoms with van der Waals surface area (Å²) in [5.41, 5.74) is 1.11. The van der Waals surface area contributed by atoms with Crippen molar-refractivity contribution in [1.82, 2.24) is 14.7 Å². The quantitative estimate of drug-likeness (QED) is 0.930. The molecular weight excluding hydrogens is 306 g/mol. The van der Waals surface area contributed by atoms with Gasteiger partial charge in [0.25, 0.3) is 0 Å². The Morgan fingerprint density at radius 3 is 3.00 bits per heavy atom. The molecule has 4 rings (SSSR count). The number of hydrogen-bond donors (Lipinski definition) is 1. The SMILES string of the molecule is CCn1ccc(CN2C[C@@H]3c4ccccc4OC[C@]3(C(=O)O)C2)n1. The number of likely N-dealkylation sites (tertiary alicyclic amines) is 1. The van der Waals surface area contributed by atoms with Gasteiger partial charge in [-0.25, -0.2) is 0 Å². The van der Waals surface area contributed by atoms with Gasteiger partial charge in [-0.2, -0.15) is 5.10 Å². The van der Waals surface area contributed by atoms with Crippen LogP contribution < -0.4 is 4.74 Å². The van der Waals surface area contributed by atoms with Crippen LogP contribution >= 0.6 is 0 Å². The molecule has 1 fully saturated rings. The number of carbonyl (C=O) groups is 1. The molecule has 6 heteroatoms.